The Kier molecular flexibility index (Phi) is 3.31. The molecule has 0 amide bonds. The molecular weight excluding hydrogens is 248 g/mol. The highest BCUT2D eigenvalue weighted by Crippen LogP contribution is 2.20. The molecule has 0 saturated carbocycles. The van der Waals surface area contributed by atoms with Crippen LogP contribution in [0.15, 0.2) is 48.5 Å². The van der Waals surface area contributed by atoms with Crippen molar-refractivity contribution in [3.8, 4) is 22.8 Å². The molecule has 0 spiro atoms. The first-order chi connectivity index (χ1) is 9.76. The van der Waals surface area contributed by atoms with Crippen LogP contribution in [0.5, 0.6) is 0 Å². The number of nitrogens with zero attached hydrogens (tertiary/aromatic N) is 2. The van der Waals surface area contributed by atoms with Gasteiger partial charge in [0.2, 0.25) is 0 Å². The number of hydrogen-bond acceptors (Lipinski definition) is 3. The van der Waals surface area contributed by atoms with E-state index < -0.39 is 0 Å². The Morgan fingerprint density at radius 1 is 1.05 bits per heavy atom. The molecule has 0 aliphatic carbocycles. The third-order valence-electron chi connectivity index (χ3n) is 3.22. The van der Waals surface area contributed by atoms with E-state index in [0.29, 0.717) is 12.4 Å². The molecule has 4 nitrogen and oxygen atoms in total. The Hall–Kier alpha value is -2.46. The number of nitrogens with two attached hydrogens (primary N) is 1. The highest BCUT2D eigenvalue weighted by Gasteiger charge is 2.07. The maximum Gasteiger partial charge on any atom is 0.181 e. The van der Waals surface area contributed by atoms with Gasteiger partial charge in [-0.15, -0.1) is 0 Å². The summed E-state index contributed by atoms with van der Waals surface area (Å²) < 4.78 is 0. The molecule has 2 aromatic carbocycles. The van der Waals surface area contributed by atoms with Crippen LogP contribution in [0.4, 0.5) is 0 Å². The molecule has 0 aliphatic rings. The second-order valence-electron chi connectivity index (χ2n) is 4.78. The predicted octanol–water partition coefficient (Wildman–Crippen LogP) is 2.91. The highest BCUT2D eigenvalue weighted by molar-refractivity contribution is 5.61. The number of aryl methyl sites for hydroxylation is 1. The van der Waals surface area contributed by atoms with Gasteiger partial charge >= 0.3 is 0 Å². The number of benzene rings is 2. The Morgan fingerprint density at radius 3 is 2.55 bits per heavy atom. The molecule has 4 heteroatoms. The first-order valence-corrected chi connectivity index (χ1v) is 6.55. The normalized spacial score (nSPS) is 10.7. The molecule has 0 aliphatic heterocycles. The lowest BCUT2D eigenvalue weighted by Gasteiger charge is -1.99. The van der Waals surface area contributed by atoms with E-state index in [1.54, 1.807) is 0 Å². The van der Waals surface area contributed by atoms with Crippen LogP contribution in [0, 0.1) is 6.92 Å². The monoisotopic (exact) mass is 264 g/mol. The van der Waals surface area contributed by atoms with Crippen LogP contribution in [0.3, 0.4) is 0 Å². The van der Waals surface area contributed by atoms with Crippen LogP contribution in [-0.4, -0.2) is 15.2 Å². The summed E-state index contributed by atoms with van der Waals surface area (Å²) in [5, 5.41) is 7.27. The summed E-state index contributed by atoms with van der Waals surface area (Å²) in [5.74, 6) is 1.48. The standard InChI is InChI=1S/C16H16N4/c1-11-3-2-4-14(9-11)16-18-15(19-20-16)13-7-5-12(10-17)6-8-13/h2-9H,10,17H2,1H3,(H,18,19,20). The van der Waals surface area contributed by atoms with Crippen molar-refractivity contribution in [1.82, 2.24) is 15.2 Å². The molecular formula is C16H16N4. The summed E-state index contributed by atoms with van der Waals surface area (Å²) in [4.78, 5) is 4.55. The van der Waals surface area contributed by atoms with Crippen LogP contribution in [-0.2, 0) is 6.54 Å². The Labute approximate surface area is 117 Å². The number of H-pyrrole nitrogens is 1. The van der Waals surface area contributed by atoms with Gasteiger partial charge in [0, 0.05) is 17.7 Å². The van der Waals surface area contributed by atoms with Crippen molar-refractivity contribution in [2.24, 2.45) is 5.73 Å². The van der Waals surface area contributed by atoms with Crippen molar-refractivity contribution in [1.29, 1.82) is 0 Å². The molecule has 0 unspecified atom stereocenters. The van der Waals surface area contributed by atoms with Gasteiger partial charge in [-0.3, -0.25) is 5.10 Å². The molecule has 1 heterocycles. The molecule has 0 radical (unpaired) electrons. The van der Waals surface area contributed by atoms with Crippen LogP contribution in [0.1, 0.15) is 11.1 Å². The van der Waals surface area contributed by atoms with Gasteiger partial charge in [0.1, 0.15) is 0 Å². The fraction of sp³-hybridized carbons (Fsp3) is 0.125. The average molecular weight is 264 g/mol. The molecule has 3 aromatic rings. The van der Waals surface area contributed by atoms with E-state index in [4.69, 9.17) is 5.73 Å². The Morgan fingerprint density at radius 2 is 1.85 bits per heavy atom. The van der Waals surface area contributed by atoms with Crippen molar-refractivity contribution in [3.05, 3.63) is 59.7 Å². The van der Waals surface area contributed by atoms with Gasteiger partial charge in [0.25, 0.3) is 0 Å². The Bertz CT molecular complexity index is 713. The van der Waals surface area contributed by atoms with E-state index in [9.17, 15) is 0 Å². The van der Waals surface area contributed by atoms with Crippen LogP contribution in [0.25, 0.3) is 22.8 Å². The van der Waals surface area contributed by atoms with E-state index in [-0.39, 0.29) is 0 Å². The molecule has 0 bridgehead atoms. The Balaban J connectivity index is 1.93. The fourth-order valence-electron chi connectivity index (χ4n) is 2.10. The van der Waals surface area contributed by atoms with Crippen molar-refractivity contribution in [2.45, 2.75) is 13.5 Å². The molecule has 3 N–H and O–H groups in total. The zero-order valence-electron chi connectivity index (χ0n) is 11.3. The van der Waals surface area contributed by atoms with Gasteiger partial charge < -0.3 is 5.73 Å². The van der Waals surface area contributed by atoms with E-state index >= 15 is 0 Å². The van der Waals surface area contributed by atoms with Crippen LogP contribution in [0.2, 0.25) is 0 Å². The highest BCUT2D eigenvalue weighted by atomic mass is 15.2. The summed E-state index contributed by atoms with van der Waals surface area (Å²) >= 11 is 0. The minimum Gasteiger partial charge on any atom is -0.326 e. The lowest BCUT2D eigenvalue weighted by Crippen LogP contribution is -1.95. The second kappa shape index (κ2) is 5.27. The number of hydrogen-bond donors (Lipinski definition) is 2. The lowest BCUT2D eigenvalue weighted by molar-refractivity contribution is 1.07. The minimum absolute atomic E-state index is 0.547. The second-order valence-corrected chi connectivity index (χ2v) is 4.78. The largest absolute Gasteiger partial charge is 0.326 e. The third kappa shape index (κ3) is 2.46. The average Bonchev–Trinajstić information content (AvgIpc) is 2.97. The molecule has 20 heavy (non-hydrogen) atoms. The summed E-state index contributed by atoms with van der Waals surface area (Å²) in [7, 11) is 0. The predicted molar refractivity (Wildman–Crippen MR) is 79.9 cm³/mol. The quantitative estimate of drug-likeness (QED) is 0.764. The summed E-state index contributed by atoms with van der Waals surface area (Å²) in [5.41, 5.74) is 9.92. The molecule has 3 rings (SSSR count). The van der Waals surface area contributed by atoms with E-state index in [1.807, 2.05) is 36.4 Å². The number of aromatic nitrogens is 3. The topological polar surface area (TPSA) is 67.6 Å². The van der Waals surface area contributed by atoms with Crippen LogP contribution < -0.4 is 5.73 Å². The SMILES string of the molecule is Cc1cccc(-c2n[nH]c(-c3ccc(CN)cc3)n2)c1. The van der Waals surface area contributed by atoms with E-state index in [0.717, 1.165) is 22.5 Å². The fourth-order valence-corrected chi connectivity index (χ4v) is 2.10. The third-order valence-corrected chi connectivity index (χ3v) is 3.22. The molecule has 0 atom stereocenters. The maximum atomic E-state index is 5.60. The van der Waals surface area contributed by atoms with Crippen molar-refractivity contribution in [3.63, 3.8) is 0 Å². The zero-order chi connectivity index (χ0) is 13.9. The van der Waals surface area contributed by atoms with Gasteiger partial charge in [-0.25, -0.2) is 4.98 Å². The van der Waals surface area contributed by atoms with Gasteiger partial charge in [-0.2, -0.15) is 5.10 Å². The summed E-state index contributed by atoms with van der Waals surface area (Å²) in [6, 6.07) is 16.2. The molecule has 100 valence electrons. The number of aromatic amines is 1. The van der Waals surface area contributed by atoms with Crippen molar-refractivity contribution < 1.29 is 0 Å². The van der Waals surface area contributed by atoms with Crippen LogP contribution >= 0.6 is 0 Å². The summed E-state index contributed by atoms with van der Waals surface area (Å²) in [6.07, 6.45) is 0. The van der Waals surface area contributed by atoms with Gasteiger partial charge in [0.05, 0.1) is 0 Å². The first-order valence-electron chi connectivity index (χ1n) is 6.55. The van der Waals surface area contributed by atoms with Gasteiger partial charge in [-0.1, -0.05) is 48.0 Å². The van der Waals surface area contributed by atoms with Gasteiger partial charge in [0.15, 0.2) is 11.6 Å². The van der Waals surface area contributed by atoms with Gasteiger partial charge in [-0.05, 0) is 18.6 Å². The van der Waals surface area contributed by atoms with E-state index in [2.05, 4.69) is 34.2 Å². The minimum atomic E-state index is 0.547. The smallest absolute Gasteiger partial charge is 0.181 e. The number of rotatable bonds is 3. The van der Waals surface area contributed by atoms with Crippen molar-refractivity contribution in [2.75, 3.05) is 0 Å². The lowest BCUT2D eigenvalue weighted by atomic mass is 10.1. The molecule has 0 saturated heterocycles. The molecule has 1 aromatic heterocycles. The maximum absolute atomic E-state index is 5.60. The molecule has 0 fully saturated rings. The summed E-state index contributed by atoms with van der Waals surface area (Å²) in [6.45, 7) is 2.60. The van der Waals surface area contributed by atoms with E-state index in [1.165, 1.54) is 5.56 Å². The van der Waals surface area contributed by atoms with Crippen molar-refractivity contribution >= 4 is 0 Å². The zero-order valence-corrected chi connectivity index (χ0v) is 11.3. The first kappa shape index (κ1) is 12.6. The number of nitrogens with one attached hydrogen (secondary N) is 1.